The van der Waals surface area contributed by atoms with Gasteiger partial charge in [-0.25, -0.2) is 0 Å². The molecule has 1 unspecified atom stereocenters. The Labute approximate surface area is 121 Å². The quantitative estimate of drug-likeness (QED) is 0.834. The van der Waals surface area contributed by atoms with Crippen molar-refractivity contribution in [1.29, 1.82) is 0 Å². The monoisotopic (exact) mass is 281 g/mol. The zero-order valence-electron chi connectivity index (χ0n) is 12.9. The van der Waals surface area contributed by atoms with Crippen molar-refractivity contribution in [2.75, 3.05) is 26.2 Å². The summed E-state index contributed by atoms with van der Waals surface area (Å²) in [6.07, 6.45) is 3.17. The van der Waals surface area contributed by atoms with Crippen molar-refractivity contribution in [3.8, 4) is 0 Å². The van der Waals surface area contributed by atoms with Gasteiger partial charge in [0, 0.05) is 51.1 Å². The van der Waals surface area contributed by atoms with Crippen molar-refractivity contribution < 1.29 is 9.59 Å². The Bertz CT molecular complexity index is 362. The molecule has 1 atom stereocenters. The van der Waals surface area contributed by atoms with Crippen molar-refractivity contribution in [3.63, 3.8) is 0 Å². The van der Waals surface area contributed by atoms with Gasteiger partial charge in [-0.2, -0.15) is 0 Å². The molecule has 0 aromatic rings. The second kappa shape index (κ2) is 6.57. The van der Waals surface area contributed by atoms with E-state index in [9.17, 15) is 9.59 Å². The summed E-state index contributed by atoms with van der Waals surface area (Å²) in [5.41, 5.74) is 0. The molecule has 0 aromatic carbocycles. The highest BCUT2D eigenvalue weighted by molar-refractivity contribution is 5.78. The molecule has 114 valence electrons. The third-order valence-corrected chi connectivity index (χ3v) is 4.52. The molecular weight excluding hydrogens is 254 g/mol. The van der Waals surface area contributed by atoms with Crippen LogP contribution in [-0.4, -0.2) is 59.9 Å². The molecule has 0 saturated carbocycles. The fourth-order valence-electron chi connectivity index (χ4n) is 3.15. The topological polar surface area (TPSA) is 52.7 Å². The summed E-state index contributed by atoms with van der Waals surface area (Å²) in [5.74, 6) is 0.401. The Morgan fingerprint density at radius 2 is 1.75 bits per heavy atom. The van der Waals surface area contributed by atoms with E-state index in [-0.39, 0.29) is 17.7 Å². The molecule has 2 amide bonds. The molecule has 2 heterocycles. The van der Waals surface area contributed by atoms with Crippen molar-refractivity contribution in [2.24, 2.45) is 5.92 Å². The molecule has 0 aliphatic carbocycles. The van der Waals surface area contributed by atoms with Gasteiger partial charge in [-0.15, -0.1) is 0 Å². The molecule has 0 spiro atoms. The molecule has 0 aromatic heterocycles. The van der Waals surface area contributed by atoms with Crippen LogP contribution in [0.5, 0.6) is 0 Å². The van der Waals surface area contributed by atoms with E-state index in [0.717, 1.165) is 45.4 Å². The van der Waals surface area contributed by atoms with E-state index in [2.05, 4.69) is 10.2 Å². The van der Waals surface area contributed by atoms with Crippen LogP contribution in [0.1, 0.15) is 40.0 Å². The van der Waals surface area contributed by atoms with E-state index < -0.39 is 0 Å². The van der Waals surface area contributed by atoms with Gasteiger partial charge in [0.05, 0.1) is 0 Å². The summed E-state index contributed by atoms with van der Waals surface area (Å²) in [5, 5.41) is 3.13. The van der Waals surface area contributed by atoms with Crippen LogP contribution >= 0.6 is 0 Å². The number of carbonyl (C=O) groups excluding carboxylic acids is 2. The molecule has 2 saturated heterocycles. The standard InChI is InChI=1S/C15H27N3O2/c1-11(2)15(20)16-13-4-7-18(10-13)14-5-8-17(9-6-14)12(3)19/h11,13-14H,4-10H2,1-3H3,(H,16,20). The van der Waals surface area contributed by atoms with Gasteiger partial charge in [-0.05, 0) is 19.3 Å². The number of rotatable bonds is 3. The molecule has 2 fully saturated rings. The summed E-state index contributed by atoms with van der Waals surface area (Å²) >= 11 is 0. The van der Waals surface area contributed by atoms with Gasteiger partial charge in [0.15, 0.2) is 0 Å². The first kappa shape index (κ1) is 15.3. The first-order valence-corrected chi connectivity index (χ1v) is 7.77. The van der Waals surface area contributed by atoms with Gasteiger partial charge in [0.25, 0.3) is 0 Å². The Morgan fingerprint density at radius 1 is 1.10 bits per heavy atom. The molecule has 5 heteroatoms. The minimum Gasteiger partial charge on any atom is -0.352 e. The second-order valence-electron chi connectivity index (χ2n) is 6.38. The summed E-state index contributed by atoms with van der Waals surface area (Å²) in [4.78, 5) is 27.5. The SMILES string of the molecule is CC(=O)N1CCC(N2CCC(NC(=O)C(C)C)C2)CC1. The zero-order valence-corrected chi connectivity index (χ0v) is 12.9. The average molecular weight is 281 g/mol. The Kier molecular flexibility index (Phi) is 5.02. The summed E-state index contributed by atoms with van der Waals surface area (Å²) in [6.45, 7) is 9.28. The zero-order chi connectivity index (χ0) is 14.7. The lowest BCUT2D eigenvalue weighted by Crippen LogP contribution is -2.46. The Hall–Kier alpha value is -1.10. The normalized spacial score (nSPS) is 25.2. The maximum atomic E-state index is 11.7. The first-order chi connectivity index (χ1) is 9.47. The Morgan fingerprint density at radius 3 is 2.30 bits per heavy atom. The number of piperidine rings is 1. The van der Waals surface area contributed by atoms with Gasteiger partial charge >= 0.3 is 0 Å². The van der Waals surface area contributed by atoms with Crippen LogP contribution in [0.3, 0.4) is 0 Å². The maximum absolute atomic E-state index is 11.7. The molecule has 2 rings (SSSR count). The molecule has 2 aliphatic rings. The van der Waals surface area contributed by atoms with Crippen LogP contribution in [0.4, 0.5) is 0 Å². The highest BCUT2D eigenvalue weighted by Gasteiger charge is 2.31. The van der Waals surface area contributed by atoms with Crippen molar-refractivity contribution in [3.05, 3.63) is 0 Å². The van der Waals surface area contributed by atoms with Crippen LogP contribution in [-0.2, 0) is 9.59 Å². The number of hydrogen-bond acceptors (Lipinski definition) is 3. The fraction of sp³-hybridized carbons (Fsp3) is 0.867. The number of nitrogens with one attached hydrogen (secondary N) is 1. The lowest BCUT2D eigenvalue weighted by molar-refractivity contribution is -0.130. The third-order valence-electron chi connectivity index (χ3n) is 4.52. The smallest absolute Gasteiger partial charge is 0.222 e. The van der Waals surface area contributed by atoms with Gasteiger partial charge in [-0.3, -0.25) is 14.5 Å². The molecule has 5 nitrogen and oxygen atoms in total. The van der Waals surface area contributed by atoms with Crippen LogP contribution < -0.4 is 5.32 Å². The van der Waals surface area contributed by atoms with E-state index in [1.807, 2.05) is 18.7 Å². The van der Waals surface area contributed by atoms with Gasteiger partial charge < -0.3 is 10.2 Å². The van der Waals surface area contributed by atoms with Gasteiger partial charge in [0.2, 0.25) is 11.8 Å². The van der Waals surface area contributed by atoms with E-state index in [0.29, 0.717) is 12.1 Å². The molecular formula is C15H27N3O2. The largest absolute Gasteiger partial charge is 0.352 e. The number of hydrogen-bond donors (Lipinski definition) is 1. The minimum atomic E-state index is 0.0582. The molecule has 2 aliphatic heterocycles. The number of nitrogens with zero attached hydrogens (tertiary/aromatic N) is 2. The summed E-state index contributed by atoms with van der Waals surface area (Å²) in [7, 11) is 0. The van der Waals surface area contributed by atoms with Crippen molar-refractivity contribution in [2.45, 2.75) is 52.1 Å². The average Bonchev–Trinajstić information content (AvgIpc) is 2.87. The van der Waals surface area contributed by atoms with E-state index in [4.69, 9.17) is 0 Å². The number of carbonyl (C=O) groups is 2. The van der Waals surface area contributed by atoms with Gasteiger partial charge in [-0.1, -0.05) is 13.8 Å². The number of amides is 2. The predicted molar refractivity (Wildman–Crippen MR) is 78.2 cm³/mol. The molecule has 0 radical (unpaired) electrons. The molecule has 1 N–H and O–H groups in total. The second-order valence-corrected chi connectivity index (χ2v) is 6.38. The lowest BCUT2D eigenvalue weighted by atomic mass is 10.0. The Balaban J connectivity index is 1.76. The summed E-state index contributed by atoms with van der Waals surface area (Å²) in [6, 6.07) is 0.877. The third kappa shape index (κ3) is 3.72. The maximum Gasteiger partial charge on any atom is 0.222 e. The van der Waals surface area contributed by atoms with E-state index >= 15 is 0 Å². The predicted octanol–water partition coefficient (Wildman–Crippen LogP) is 0.844. The highest BCUT2D eigenvalue weighted by atomic mass is 16.2. The van der Waals surface area contributed by atoms with Crippen LogP contribution in [0.15, 0.2) is 0 Å². The lowest BCUT2D eigenvalue weighted by Gasteiger charge is -2.36. The fourth-order valence-corrected chi connectivity index (χ4v) is 3.15. The van der Waals surface area contributed by atoms with E-state index in [1.165, 1.54) is 0 Å². The number of likely N-dealkylation sites (tertiary alicyclic amines) is 2. The first-order valence-electron chi connectivity index (χ1n) is 7.77. The van der Waals surface area contributed by atoms with Crippen LogP contribution in [0.25, 0.3) is 0 Å². The van der Waals surface area contributed by atoms with Crippen molar-refractivity contribution >= 4 is 11.8 Å². The van der Waals surface area contributed by atoms with Crippen LogP contribution in [0, 0.1) is 5.92 Å². The summed E-state index contributed by atoms with van der Waals surface area (Å²) < 4.78 is 0. The van der Waals surface area contributed by atoms with Gasteiger partial charge in [0.1, 0.15) is 0 Å². The highest BCUT2D eigenvalue weighted by Crippen LogP contribution is 2.21. The molecule has 0 bridgehead atoms. The van der Waals surface area contributed by atoms with Crippen LogP contribution in [0.2, 0.25) is 0 Å². The van der Waals surface area contributed by atoms with E-state index in [1.54, 1.807) is 6.92 Å². The minimum absolute atomic E-state index is 0.0582. The van der Waals surface area contributed by atoms with Crippen molar-refractivity contribution in [1.82, 2.24) is 15.1 Å². The molecule has 20 heavy (non-hydrogen) atoms.